The first-order valence-corrected chi connectivity index (χ1v) is 10.2. The highest BCUT2D eigenvalue weighted by atomic mass is 35.5. The number of nitrogens with zero attached hydrogens (tertiary/aromatic N) is 2. The van der Waals surface area contributed by atoms with Crippen molar-refractivity contribution in [2.75, 3.05) is 38.5 Å². The van der Waals surface area contributed by atoms with E-state index in [1.165, 1.54) is 0 Å². The van der Waals surface area contributed by atoms with Crippen LogP contribution in [0.2, 0.25) is 5.02 Å². The fourth-order valence-corrected chi connectivity index (χ4v) is 3.92. The number of thioether (sulfide) groups is 1. The molecule has 3 rings (SSSR count). The van der Waals surface area contributed by atoms with Gasteiger partial charge in [0.2, 0.25) is 11.8 Å². The molecular weight excluding hydrogens is 358 g/mol. The van der Waals surface area contributed by atoms with Crippen LogP contribution < -0.4 is 5.32 Å². The van der Waals surface area contributed by atoms with Crippen molar-refractivity contribution in [2.24, 2.45) is 0 Å². The Morgan fingerprint density at radius 1 is 1.20 bits per heavy atom. The van der Waals surface area contributed by atoms with Crippen LogP contribution in [0.5, 0.6) is 0 Å². The number of halogens is 1. The molecule has 136 valence electrons. The van der Waals surface area contributed by atoms with Gasteiger partial charge in [0, 0.05) is 43.0 Å². The highest BCUT2D eigenvalue weighted by molar-refractivity contribution is 7.99. The Bertz CT molecular complexity index is 616. The molecule has 0 bridgehead atoms. The lowest BCUT2D eigenvalue weighted by Gasteiger charge is -2.34. The van der Waals surface area contributed by atoms with Crippen LogP contribution in [0.25, 0.3) is 0 Å². The quantitative estimate of drug-likeness (QED) is 0.784. The maximum atomic E-state index is 12.3. The second-order valence-electron chi connectivity index (χ2n) is 6.62. The summed E-state index contributed by atoms with van der Waals surface area (Å²) in [5, 5.41) is 3.74. The van der Waals surface area contributed by atoms with Crippen LogP contribution in [-0.2, 0) is 15.3 Å². The predicted octanol–water partition coefficient (Wildman–Crippen LogP) is 2.00. The van der Waals surface area contributed by atoms with Crippen LogP contribution in [0.3, 0.4) is 0 Å². The van der Waals surface area contributed by atoms with Gasteiger partial charge >= 0.3 is 0 Å². The Hall–Kier alpha value is -1.24. The maximum Gasteiger partial charge on any atom is 0.234 e. The van der Waals surface area contributed by atoms with Crippen LogP contribution in [0.15, 0.2) is 24.3 Å². The normalized spacial score (nSPS) is 18.2. The first kappa shape index (κ1) is 18.5. The van der Waals surface area contributed by atoms with Crippen LogP contribution in [0.1, 0.15) is 18.4 Å². The minimum Gasteiger partial charge on any atom is -0.352 e. The summed E-state index contributed by atoms with van der Waals surface area (Å²) in [6, 6.07) is 8.15. The summed E-state index contributed by atoms with van der Waals surface area (Å²) >= 11 is 7.59. The fourth-order valence-electron chi connectivity index (χ4n) is 2.83. The monoisotopic (exact) mass is 381 g/mol. The molecule has 2 aliphatic rings. The smallest absolute Gasteiger partial charge is 0.234 e. The van der Waals surface area contributed by atoms with Crippen LogP contribution in [-0.4, -0.2) is 66.1 Å². The summed E-state index contributed by atoms with van der Waals surface area (Å²) in [5.74, 6) is 1.55. The molecule has 0 atom stereocenters. The van der Waals surface area contributed by atoms with Crippen LogP contribution >= 0.6 is 23.4 Å². The van der Waals surface area contributed by atoms with Crippen molar-refractivity contribution in [1.29, 1.82) is 0 Å². The lowest BCUT2D eigenvalue weighted by molar-refractivity contribution is -0.130. The first-order chi connectivity index (χ1) is 12.1. The molecule has 0 radical (unpaired) electrons. The Kier molecular flexibility index (Phi) is 6.62. The number of hydrogen-bond donors (Lipinski definition) is 1. The number of piperazine rings is 1. The van der Waals surface area contributed by atoms with Gasteiger partial charge in [0.05, 0.1) is 12.3 Å². The molecule has 0 spiro atoms. The maximum absolute atomic E-state index is 12.3. The van der Waals surface area contributed by atoms with Crippen molar-refractivity contribution in [3.05, 3.63) is 34.9 Å². The zero-order valence-electron chi connectivity index (χ0n) is 14.2. The first-order valence-electron chi connectivity index (χ1n) is 8.72. The molecule has 1 saturated carbocycles. The number of hydrogen-bond acceptors (Lipinski definition) is 4. The van der Waals surface area contributed by atoms with E-state index in [0.29, 0.717) is 31.4 Å². The minimum absolute atomic E-state index is 0.111. The number of benzene rings is 1. The van der Waals surface area contributed by atoms with Gasteiger partial charge in [-0.2, -0.15) is 0 Å². The van der Waals surface area contributed by atoms with Gasteiger partial charge in [0.25, 0.3) is 0 Å². The zero-order valence-corrected chi connectivity index (χ0v) is 15.8. The van der Waals surface area contributed by atoms with E-state index in [-0.39, 0.29) is 11.8 Å². The lowest BCUT2D eigenvalue weighted by Crippen LogP contribution is -2.51. The van der Waals surface area contributed by atoms with E-state index in [1.54, 1.807) is 11.8 Å². The summed E-state index contributed by atoms with van der Waals surface area (Å²) in [5.41, 5.74) is 1.14. The second kappa shape index (κ2) is 8.92. The van der Waals surface area contributed by atoms with E-state index in [1.807, 2.05) is 29.2 Å². The molecular formula is C18H24ClN3O2S. The van der Waals surface area contributed by atoms with Gasteiger partial charge in [0.1, 0.15) is 0 Å². The third-order valence-electron chi connectivity index (χ3n) is 4.42. The largest absolute Gasteiger partial charge is 0.352 e. The van der Waals surface area contributed by atoms with E-state index in [0.717, 1.165) is 42.3 Å². The minimum atomic E-state index is 0.111. The summed E-state index contributed by atoms with van der Waals surface area (Å²) in [4.78, 5) is 28.2. The molecule has 25 heavy (non-hydrogen) atoms. The average Bonchev–Trinajstić information content (AvgIpc) is 3.39. The van der Waals surface area contributed by atoms with E-state index in [9.17, 15) is 9.59 Å². The summed E-state index contributed by atoms with van der Waals surface area (Å²) in [6.45, 7) is 3.38. The second-order valence-corrected chi connectivity index (χ2v) is 8.04. The van der Waals surface area contributed by atoms with E-state index >= 15 is 0 Å². The molecule has 2 fully saturated rings. The number of carbonyl (C=O) groups excluding carboxylic acids is 2. The Morgan fingerprint density at radius 2 is 1.96 bits per heavy atom. The Labute approximate surface area is 158 Å². The van der Waals surface area contributed by atoms with Gasteiger partial charge in [-0.15, -0.1) is 11.8 Å². The highest BCUT2D eigenvalue weighted by Gasteiger charge is 2.26. The molecule has 0 unspecified atom stereocenters. The fraction of sp³-hybridized carbons (Fsp3) is 0.556. The van der Waals surface area contributed by atoms with E-state index in [2.05, 4.69) is 10.2 Å². The van der Waals surface area contributed by atoms with Gasteiger partial charge in [-0.05, 0) is 30.5 Å². The summed E-state index contributed by atoms with van der Waals surface area (Å²) in [6.07, 6.45) is 2.22. The standard InChI is InChI=1S/C18H24ClN3O2S/c19-15-3-1-2-14(10-15)12-25-13-18(24)22-8-6-21(7-9-22)11-17(23)20-16-4-5-16/h1-3,10,16H,4-9,11-13H2,(H,20,23). The van der Waals surface area contributed by atoms with Gasteiger partial charge in [-0.25, -0.2) is 0 Å². The van der Waals surface area contributed by atoms with Gasteiger partial charge in [-0.1, -0.05) is 23.7 Å². The average molecular weight is 382 g/mol. The van der Waals surface area contributed by atoms with Crippen LogP contribution in [0.4, 0.5) is 0 Å². The Morgan fingerprint density at radius 3 is 2.64 bits per heavy atom. The van der Waals surface area contributed by atoms with Gasteiger partial charge in [-0.3, -0.25) is 14.5 Å². The molecule has 1 aliphatic heterocycles. The number of nitrogens with one attached hydrogen (secondary N) is 1. The lowest BCUT2D eigenvalue weighted by atomic mass is 10.2. The summed E-state index contributed by atoms with van der Waals surface area (Å²) < 4.78 is 0. The molecule has 5 nitrogen and oxygen atoms in total. The molecule has 7 heteroatoms. The molecule has 1 saturated heterocycles. The topological polar surface area (TPSA) is 52.7 Å². The van der Waals surface area contributed by atoms with Crippen molar-refractivity contribution in [1.82, 2.24) is 15.1 Å². The highest BCUT2D eigenvalue weighted by Crippen LogP contribution is 2.19. The van der Waals surface area contributed by atoms with Crippen molar-refractivity contribution in [3.63, 3.8) is 0 Å². The molecule has 0 aromatic heterocycles. The molecule has 1 N–H and O–H groups in total. The Balaban J connectivity index is 1.33. The van der Waals surface area contributed by atoms with E-state index in [4.69, 9.17) is 11.6 Å². The molecule has 1 aromatic carbocycles. The van der Waals surface area contributed by atoms with Crippen molar-refractivity contribution in [3.8, 4) is 0 Å². The zero-order chi connectivity index (χ0) is 17.6. The summed E-state index contributed by atoms with van der Waals surface area (Å²) in [7, 11) is 0. The number of amides is 2. The van der Waals surface area contributed by atoms with Gasteiger partial charge < -0.3 is 10.2 Å². The van der Waals surface area contributed by atoms with Crippen molar-refractivity contribution in [2.45, 2.75) is 24.6 Å². The third-order valence-corrected chi connectivity index (χ3v) is 5.64. The molecule has 1 aliphatic carbocycles. The molecule has 1 aromatic rings. The molecule has 1 heterocycles. The SMILES string of the molecule is O=C(CN1CCN(C(=O)CSCc2cccc(Cl)c2)CC1)NC1CC1. The predicted molar refractivity (Wildman–Crippen MR) is 102 cm³/mol. The number of rotatable bonds is 7. The van der Waals surface area contributed by atoms with Crippen LogP contribution in [0, 0.1) is 0 Å². The van der Waals surface area contributed by atoms with Gasteiger partial charge in [0.15, 0.2) is 0 Å². The molecule has 2 amide bonds. The van der Waals surface area contributed by atoms with Crippen molar-refractivity contribution >= 4 is 35.2 Å². The number of carbonyl (C=O) groups is 2. The third kappa shape index (κ3) is 6.20. The van der Waals surface area contributed by atoms with E-state index < -0.39 is 0 Å². The van der Waals surface area contributed by atoms with Crippen molar-refractivity contribution < 1.29 is 9.59 Å².